The van der Waals surface area contributed by atoms with Crippen LogP contribution in [0.25, 0.3) is 0 Å². The monoisotopic (exact) mass is 813 g/mol. The molecule has 1 unspecified atom stereocenters. The summed E-state index contributed by atoms with van der Waals surface area (Å²) in [6.45, 7) is 8.67. The normalized spacial score (nSPS) is 43.6. The summed E-state index contributed by atoms with van der Waals surface area (Å²) in [7, 11) is 0. The highest BCUT2D eigenvalue weighted by Crippen LogP contribution is 2.34. The summed E-state index contributed by atoms with van der Waals surface area (Å²) in [5.74, 6) is 0. The maximum atomic E-state index is 12.8. The fraction of sp³-hybridized carbons (Fsp3) is 0.939. The van der Waals surface area contributed by atoms with Gasteiger partial charge in [-0.2, -0.15) is 0 Å². The Balaban J connectivity index is 1.51. The Hall–Kier alpha value is -2.14. The molecule has 4 rings (SSSR count). The van der Waals surface area contributed by atoms with Crippen molar-refractivity contribution in [2.75, 3.05) is 19.8 Å². The van der Waals surface area contributed by atoms with Crippen molar-refractivity contribution >= 4 is 12.1 Å². The first-order chi connectivity index (χ1) is 26.0. The summed E-state index contributed by atoms with van der Waals surface area (Å²) in [5, 5.41) is 96.1. The highest BCUT2D eigenvalue weighted by molar-refractivity contribution is 5.75. The summed E-state index contributed by atoms with van der Waals surface area (Å²) in [6.07, 6.45) is -22.7. The van der Waals surface area contributed by atoms with E-state index >= 15 is 0 Å². The van der Waals surface area contributed by atoms with Gasteiger partial charge in [-0.25, -0.2) is 9.59 Å². The SMILES string of the molecule is CC(C)(C)NC(=O)NCC1O[C@H](O[C@H]2[C@@H](O)[C@H](O[C@@H]3[C@@H](O)[C@H](N)C[C@H](N)[C@H]3O[C@@H]3O[C@H](CO)[C@@H](O)[C@H](O)[C@H]3NC(=O)NC(C)(C)C)O[C@@H]2CO)[C@H](N)[C@@H](O)[C@@H]1O. The van der Waals surface area contributed by atoms with Gasteiger partial charge in [-0.1, -0.05) is 0 Å². The lowest BCUT2D eigenvalue weighted by Crippen LogP contribution is -2.69. The number of nitrogens with one attached hydrogen (secondary N) is 4. The van der Waals surface area contributed by atoms with Crippen molar-refractivity contribution in [2.45, 2.75) is 175 Å². The third-order valence-electron chi connectivity index (χ3n) is 9.78. The first-order valence-corrected chi connectivity index (χ1v) is 18.6. The molecule has 23 nitrogen and oxygen atoms in total. The molecule has 0 aromatic carbocycles. The van der Waals surface area contributed by atoms with Crippen LogP contribution in [-0.4, -0.2) is 200 Å². The first-order valence-electron chi connectivity index (χ1n) is 18.6. The van der Waals surface area contributed by atoms with E-state index in [1.54, 1.807) is 41.5 Å². The quantitative estimate of drug-likeness (QED) is 0.0922. The van der Waals surface area contributed by atoms with Crippen LogP contribution in [0.4, 0.5) is 9.59 Å². The van der Waals surface area contributed by atoms with Gasteiger partial charge in [0, 0.05) is 29.7 Å². The number of aliphatic hydroxyl groups is 8. The number of amides is 4. The zero-order chi connectivity index (χ0) is 42.0. The molecule has 0 bridgehead atoms. The van der Waals surface area contributed by atoms with E-state index < -0.39 is 153 Å². The molecule has 0 spiro atoms. The molecule has 4 fully saturated rings. The maximum absolute atomic E-state index is 12.8. The molecule has 4 amide bonds. The van der Waals surface area contributed by atoms with E-state index in [1.165, 1.54) is 0 Å². The van der Waals surface area contributed by atoms with Crippen LogP contribution in [-0.2, 0) is 28.4 Å². The number of nitrogens with two attached hydrogens (primary N) is 3. The number of carbonyl (C=O) groups is 2. The number of aliphatic hydroxyl groups excluding tert-OH is 8. The van der Waals surface area contributed by atoms with E-state index in [1.807, 2.05) is 0 Å². The smallest absolute Gasteiger partial charge is 0.315 e. The largest absolute Gasteiger partial charge is 0.394 e. The zero-order valence-electron chi connectivity index (χ0n) is 32.4. The molecule has 0 aromatic heterocycles. The Labute approximate surface area is 324 Å². The predicted molar refractivity (Wildman–Crippen MR) is 191 cm³/mol. The standard InChI is InChI=1S/C33H63N7O16/c1-32(2,3)39-30(49)37-8-13-19(44)21(46)16(36)27(51-13)55-25-15(10-42)53-29(23(25)48)56-26-18(43)11(34)7-12(35)24(26)54-28-17(38-31(50)40-33(4,5)6)22(47)20(45)14(9-41)52-28/h11-29,41-48H,7-10,34-36H2,1-6H3,(H2,37,39,49)(H2,38,40,50)/t11-,12+,13?,14-,15-,16-,17-,18+,19-,20-,21-,22-,23-,24-,25-,26-,27-,28+,29+/m1/s1. The lowest BCUT2D eigenvalue weighted by Gasteiger charge is -2.48. The van der Waals surface area contributed by atoms with Crippen LogP contribution in [0.1, 0.15) is 48.0 Å². The molecule has 0 aromatic rings. The Morgan fingerprint density at radius 2 is 1.12 bits per heavy atom. The van der Waals surface area contributed by atoms with Gasteiger partial charge in [0.05, 0.1) is 25.4 Å². The van der Waals surface area contributed by atoms with Crippen molar-refractivity contribution in [2.24, 2.45) is 17.2 Å². The van der Waals surface area contributed by atoms with Gasteiger partial charge in [-0.05, 0) is 48.0 Å². The second-order valence-electron chi connectivity index (χ2n) is 16.8. The van der Waals surface area contributed by atoms with Gasteiger partial charge in [0.2, 0.25) is 0 Å². The van der Waals surface area contributed by atoms with Crippen molar-refractivity contribution in [3.63, 3.8) is 0 Å². The summed E-state index contributed by atoms with van der Waals surface area (Å²) in [4.78, 5) is 25.2. The molecule has 3 saturated heterocycles. The fourth-order valence-corrected chi connectivity index (χ4v) is 6.90. The van der Waals surface area contributed by atoms with Crippen molar-refractivity contribution in [1.29, 1.82) is 0 Å². The fourth-order valence-electron chi connectivity index (χ4n) is 6.90. The average molecular weight is 814 g/mol. The minimum absolute atomic E-state index is 0.0202. The second kappa shape index (κ2) is 18.8. The second-order valence-corrected chi connectivity index (χ2v) is 16.8. The average Bonchev–Trinajstić information content (AvgIpc) is 3.39. The van der Waals surface area contributed by atoms with Crippen molar-refractivity contribution in [1.82, 2.24) is 21.3 Å². The summed E-state index contributed by atoms with van der Waals surface area (Å²) < 4.78 is 35.5. The molecular formula is C33H63N7O16. The Morgan fingerprint density at radius 1 is 0.607 bits per heavy atom. The van der Waals surface area contributed by atoms with Crippen molar-refractivity contribution in [3.8, 4) is 0 Å². The molecule has 1 aliphatic carbocycles. The Morgan fingerprint density at radius 3 is 1.71 bits per heavy atom. The van der Waals surface area contributed by atoms with Crippen LogP contribution < -0.4 is 38.5 Å². The molecule has 1 saturated carbocycles. The lowest BCUT2D eigenvalue weighted by molar-refractivity contribution is -0.312. The van der Waals surface area contributed by atoms with Gasteiger partial charge in [0.1, 0.15) is 73.2 Å². The third kappa shape index (κ3) is 11.3. The van der Waals surface area contributed by atoms with E-state index in [0.29, 0.717) is 0 Å². The molecule has 4 aliphatic rings. The first kappa shape index (κ1) is 46.5. The topological polar surface area (TPSA) is 378 Å². The summed E-state index contributed by atoms with van der Waals surface area (Å²) >= 11 is 0. The van der Waals surface area contributed by atoms with E-state index in [0.717, 1.165) is 0 Å². The molecule has 326 valence electrons. The van der Waals surface area contributed by atoms with Gasteiger partial charge in [0.15, 0.2) is 18.9 Å². The predicted octanol–water partition coefficient (Wildman–Crippen LogP) is -6.58. The van der Waals surface area contributed by atoms with E-state index in [4.69, 9.17) is 45.6 Å². The van der Waals surface area contributed by atoms with Gasteiger partial charge in [-0.15, -0.1) is 0 Å². The zero-order valence-corrected chi connectivity index (χ0v) is 32.4. The summed E-state index contributed by atoms with van der Waals surface area (Å²) in [6, 6.07) is -6.12. The van der Waals surface area contributed by atoms with Gasteiger partial charge in [0.25, 0.3) is 0 Å². The van der Waals surface area contributed by atoms with Crippen LogP contribution >= 0.6 is 0 Å². The third-order valence-corrected chi connectivity index (χ3v) is 9.78. The molecule has 56 heavy (non-hydrogen) atoms. The van der Waals surface area contributed by atoms with E-state index in [-0.39, 0.29) is 13.0 Å². The summed E-state index contributed by atoms with van der Waals surface area (Å²) in [5.41, 5.74) is 17.5. The number of ether oxygens (including phenoxy) is 6. The molecule has 18 N–H and O–H groups in total. The highest BCUT2D eigenvalue weighted by atomic mass is 16.8. The molecule has 3 heterocycles. The molecule has 0 radical (unpaired) electrons. The maximum Gasteiger partial charge on any atom is 0.315 e. The Kier molecular flexibility index (Phi) is 15.7. The number of urea groups is 2. The van der Waals surface area contributed by atoms with Crippen LogP contribution in [0.5, 0.6) is 0 Å². The van der Waals surface area contributed by atoms with Crippen molar-refractivity contribution in [3.05, 3.63) is 0 Å². The Bertz CT molecular complexity index is 1300. The van der Waals surface area contributed by atoms with Crippen molar-refractivity contribution < 1.29 is 78.9 Å². The number of hydrogen-bond donors (Lipinski definition) is 15. The van der Waals surface area contributed by atoms with Gasteiger partial charge >= 0.3 is 12.1 Å². The molecular weight excluding hydrogens is 750 g/mol. The number of rotatable bonds is 11. The van der Waals surface area contributed by atoms with E-state index in [2.05, 4.69) is 21.3 Å². The van der Waals surface area contributed by atoms with Crippen LogP contribution in [0, 0.1) is 0 Å². The highest BCUT2D eigenvalue weighted by Gasteiger charge is 2.55. The minimum atomic E-state index is -1.74. The van der Waals surface area contributed by atoms with Gasteiger partial charge in [-0.3, -0.25) is 0 Å². The minimum Gasteiger partial charge on any atom is -0.394 e. The van der Waals surface area contributed by atoms with Crippen LogP contribution in [0.15, 0.2) is 0 Å². The lowest BCUT2D eigenvalue weighted by atomic mass is 9.84. The van der Waals surface area contributed by atoms with Crippen LogP contribution in [0.3, 0.4) is 0 Å². The van der Waals surface area contributed by atoms with Gasteiger partial charge < -0.3 is 108 Å². The molecule has 23 heteroatoms. The number of hydrogen-bond acceptors (Lipinski definition) is 19. The molecule has 19 atom stereocenters. The molecule has 3 aliphatic heterocycles. The van der Waals surface area contributed by atoms with E-state index in [9.17, 15) is 50.4 Å². The number of carbonyl (C=O) groups excluding carboxylic acids is 2. The van der Waals surface area contributed by atoms with Crippen LogP contribution in [0.2, 0.25) is 0 Å².